The van der Waals surface area contributed by atoms with Gasteiger partial charge in [-0.3, -0.25) is 4.68 Å². The highest BCUT2D eigenvalue weighted by Gasteiger charge is 2.35. The minimum atomic E-state index is -0.663. The van der Waals surface area contributed by atoms with Crippen molar-refractivity contribution in [3.63, 3.8) is 0 Å². The van der Waals surface area contributed by atoms with E-state index in [2.05, 4.69) is 16.2 Å². The van der Waals surface area contributed by atoms with Crippen molar-refractivity contribution in [3.05, 3.63) is 34.7 Å². The molecule has 1 saturated heterocycles. The number of nitriles is 1. The molecule has 2 aromatic heterocycles. The summed E-state index contributed by atoms with van der Waals surface area (Å²) in [5, 5.41) is 23.9. The summed E-state index contributed by atoms with van der Waals surface area (Å²) < 4.78 is 7.60. The summed E-state index contributed by atoms with van der Waals surface area (Å²) >= 11 is 6.25. The molecule has 3 heterocycles. The van der Waals surface area contributed by atoms with E-state index >= 15 is 0 Å². The maximum absolute atomic E-state index is 10.3. The van der Waals surface area contributed by atoms with Gasteiger partial charge in [0, 0.05) is 13.1 Å². The van der Waals surface area contributed by atoms with E-state index in [1.165, 1.54) is 0 Å². The first-order valence-corrected chi connectivity index (χ1v) is 8.09. The monoisotopic (exact) mass is 347 g/mol. The van der Waals surface area contributed by atoms with Gasteiger partial charge in [0.05, 0.1) is 35.2 Å². The van der Waals surface area contributed by atoms with Gasteiger partial charge in [0.15, 0.2) is 5.75 Å². The molecule has 0 unspecified atom stereocenters. The topological polar surface area (TPSA) is 87.2 Å². The number of hydrogen-bond donors (Lipinski definition) is 1. The van der Waals surface area contributed by atoms with Gasteiger partial charge in [-0.15, -0.1) is 0 Å². The molecule has 0 spiro atoms. The predicted octanol–water partition coefficient (Wildman–Crippen LogP) is 1.76. The number of aliphatic hydroxyl groups is 1. The molecule has 0 bridgehead atoms. The van der Waals surface area contributed by atoms with Gasteiger partial charge in [0.2, 0.25) is 0 Å². The Hall–Kier alpha value is -2.30. The molecule has 2 aromatic rings. The molecule has 1 aliphatic heterocycles. The number of pyridine rings is 1. The van der Waals surface area contributed by atoms with E-state index < -0.39 is 12.2 Å². The molecular formula is C16H18ClN5O2. The number of aromatic nitrogens is 3. The quantitative estimate of drug-likeness (QED) is 0.906. The molecule has 3 rings (SSSR count). The van der Waals surface area contributed by atoms with Gasteiger partial charge in [-0.25, -0.2) is 4.98 Å². The van der Waals surface area contributed by atoms with Crippen LogP contribution in [0.3, 0.4) is 0 Å². The third-order valence-electron chi connectivity index (χ3n) is 4.03. The van der Waals surface area contributed by atoms with Crippen LogP contribution in [0.4, 0.5) is 5.82 Å². The van der Waals surface area contributed by atoms with Crippen molar-refractivity contribution < 1.29 is 9.84 Å². The fourth-order valence-corrected chi connectivity index (χ4v) is 2.97. The summed E-state index contributed by atoms with van der Waals surface area (Å²) in [7, 11) is 0. The standard InChI is InChI=1S/C16H18ClN5O2/c1-3-22-7-12(6-19-22)24-15-9-21(8-14(15)23)16-13(17)4-11(5-18)10(2)20-16/h4,6-7,14-15,23H,3,8-9H2,1-2H3/t14-,15-/m1/s1. The number of ether oxygens (including phenoxy) is 1. The Bertz CT molecular complexity index is 785. The molecule has 0 saturated carbocycles. The van der Waals surface area contributed by atoms with Crippen molar-refractivity contribution >= 4 is 17.4 Å². The van der Waals surface area contributed by atoms with E-state index in [0.29, 0.717) is 40.9 Å². The normalized spacial score (nSPS) is 20.2. The molecule has 2 atom stereocenters. The van der Waals surface area contributed by atoms with Crippen LogP contribution in [0.2, 0.25) is 5.02 Å². The lowest BCUT2D eigenvalue weighted by atomic mass is 10.2. The average Bonchev–Trinajstić information content (AvgIpc) is 3.16. The summed E-state index contributed by atoms with van der Waals surface area (Å²) in [6, 6.07) is 3.67. The van der Waals surface area contributed by atoms with Crippen LogP contribution in [0.5, 0.6) is 5.75 Å². The van der Waals surface area contributed by atoms with Gasteiger partial charge in [-0.2, -0.15) is 10.4 Å². The fourth-order valence-electron chi connectivity index (χ4n) is 2.70. The Kier molecular flexibility index (Phi) is 4.60. The lowest BCUT2D eigenvalue weighted by Gasteiger charge is -2.19. The molecule has 0 aliphatic carbocycles. The van der Waals surface area contributed by atoms with Crippen molar-refractivity contribution in [1.29, 1.82) is 5.26 Å². The second-order valence-corrected chi connectivity index (χ2v) is 6.11. The van der Waals surface area contributed by atoms with Crippen LogP contribution in [0, 0.1) is 18.3 Å². The van der Waals surface area contributed by atoms with Gasteiger partial charge < -0.3 is 14.7 Å². The zero-order valence-corrected chi connectivity index (χ0v) is 14.2. The highest BCUT2D eigenvalue weighted by molar-refractivity contribution is 6.33. The Morgan fingerprint density at radius 2 is 2.29 bits per heavy atom. The third-order valence-corrected chi connectivity index (χ3v) is 4.30. The van der Waals surface area contributed by atoms with Gasteiger partial charge >= 0.3 is 0 Å². The van der Waals surface area contributed by atoms with Crippen molar-refractivity contribution in [1.82, 2.24) is 14.8 Å². The zero-order valence-electron chi connectivity index (χ0n) is 13.5. The highest BCUT2D eigenvalue weighted by Crippen LogP contribution is 2.30. The number of hydrogen-bond acceptors (Lipinski definition) is 6. The number of anilines is 1. The third kappa shape index (κ3) is 3.16. The van der Waals surface area contributed by atoms with E-state index in [9.17, 15) is 5.11 Å². The lowest BCUT2D eigenvalue weighted by molar-refractivity contribution is 0.0737. The second kappa shape index (κ2) is 6.67. The zero-order chi connectivity index (χ0) is 17.3. The van der Waals surface area contributed by atoms with Crippen LogP contribution < -0.4 is 9.64 Å². The summed E-state index contributed by atoms with van der Waals surface area (Å²) in [6.45, 7) is 5.33. The number of rotatable bonds is 4. The van der Waals surface area contributed by atoms with Crippen molar-refractivity contribution in [2.24, 2.45) is 0 Å². The number of aliphatic hydroxyl groups excluding tert-OH is 1. The van der Waals surface area contributed by atoms with Crippen LogP contribution in [-0.2, 0) is 6.54 Å². The van der Waals surface area contributed by atoms with Crippen LogP contribution in [-0.4, -0.2) is 45.2 Å². The number of halogens is 1. The average molecular weight is 348 g/mol. The Labute approximate surface area is 145 Å². The minimum absolute atomic E-state index is 0.366. The van der Waals surface area contributed by atoms with Crippen LogP contribution in [0.15, 0.2) is 18.5 Å². The first-order valence-electron chi connectivity index (χ1n) is 7.71. The van der Waals surface area contributed by atoms with Gasteiger partial charge in [-0.1, -0.05) is 11.6 Å². The van der Waals surface area contributed by atoms with Crippen LogP contribution >= 0.6 is 11.6 Å². The van der Waals surface area contributed by atoms with E-state index in [0.717, 1.165) is 6.54 Å². The number of nitrogens with zero attached hydrogens (tertiary/aromatic N) is 5. The molecule has 1 fully saturated rings. The number of β-amino-alcohol motifs (C(OH)–C–C–N with tert-alkyl or cyclic N) is 1. The molecule has 1 N–H and O–H groups in total. The fraction of sp³-hybridized carbons (Fsp3) is 0.438. The summed E-state index contributed by atoms with van der Waals surface area (Å²) in [4.78, 5) is 6.28. The van der Waals surface area contributed by atoms with Crippen LogP contribution in [0.25, 0.3) is 0 Å². The van der Waals surface area contributed by atoms with Gasteiger partial charge in [0.25, 0.3) is 0 Å². The molecule has 24 heavy (non-hydrogen) atoms. The van der Waals surface area contributed by atoms with E-state index in [1.54, 1.807) is 30.1 Å². The largest absolute Gasteiger partial charge is 0.482 e. The van der Waals surface area contributed by atoms with Gasteiger partial charge in [-0.05, 0) is 19.9 Å². The van der Waals surface area contributed by atoms with Crippen LogP contribution in [0.1, 0.15) is 18.2 Å². The first-order chi connectivity index (χ1) is 11.5. The Morgan fingerprint density at radius 1 is 1.50 bits per heavy atom. The maximum Gasteiger partial charge on any atom is 0.157 e. The van der Waals surface area contributed by atoms with E-state index in [1.807, 2.05) is 11.8 Å². The molecule has 1 aliphatic rings. The molecule has 126 valence electrons. The van der Waals surface area contributed by atoms with Crippen molar-refractivity contribution in [2.45, 2.75) is 32.6 Å². The van der Waals surface area contributed by atoms with Gasteiger partial charge in [0.1, 0.15) is 24.1 Å². The lowest BCUT2D eigenvalue weighted by Crippen LogP contribution is -2.29. The molecule has 0 amide bonds. The van der Waals surface area contributed by atoms with Crippen molar-refractivity contribution in [3.8, 4) is 11.8 Å². The smallest absolute Gasteiger partial charge is 0.157 e. The van der Waals surface area contributed by atoms with E-state index in [-0.39, 0.29) is 0 Å². The SMILES string of the molecule is CCn1cc(O[C@@H]2CN(c3nc(C)c(C#N)cc3Cl)C[C@H]2O)cn1. The molecular weight excluding hydrogens is 330 g/mol. The van der Waals surface area contributed by atoms with E-state index in [4.69, 9.17) is 21.6 Å². The molecule has 8 heteroatoms. The molecule has 0 radical (unpaired) electrons. The second-order valence-electron chi connectivity index (χ2n) is 5.70. The summed E-state index contributed by atoms with van der Waals surface area (Å²) in [6.07, 6.45) is 2.37. The Balaban J connectivity index is 1.76. The predicted molar refractivity (Wildman–Crippen MR) is 89.2 cm³/mol. The minimum Gasteiger partial charge on any atom is -0.482 e. The summed E-state index contributed by atoms with van der Waals surface area (Å²) in [5.41, 5.74) is 1.06. The summed E-state index contributed by atoms with van der Waals surface area (Å²) in [5.74, 6) is 1.18. The first kappa shape index (κ1) is 16.6. The maximum atomic E-state index is 10.3. The van der Waals surface area contributed by atoms with Crippen molar-refractivity contribution in [2.75, 3.05) is 18.0 Å². The molecule has 7 nitrogen and oxygen atoms in total. The number of aryl methyl sites for hydroxylation is 2. The highest BCUT2D eigenvalue weighted by atomic mass is 35.5. The molecule has 0 aromatic carbocycles. The Morgan fingerprint density at radius 3 is 2.96 bits per heavy atom.